The molecule has 2 amide bonds. The van der Waals surface area contributed by atoms with Crippen molar-refractivity contribution >= 4 is 11.8 Å². The number of nitrogens with zero attached hydrogens (tertiary/aromatic N) is 2. The van der Waals surface area contributed by atoms with E-state index in [9.17, 15) is 9.59 Å². The summed E-state index contributed by atoms with van der Waals surface area (Å²) >= 11 is 0. The van der Waals surface area contributed by atoms with Crippen LogP contribution in [0, 0.1) is 23.7 Å². The van der Waals surface area contributed by atoms with E-state index >= 15 is 0 Å². The van der Waals surface area contributed by atoms with E-state index in [2.05, 4.69) is 17.1 Å². The van der Waals surface area contributed by atoms with Gasteiger partial charge in [-0.25, -0.2) is 0 Å². The Balaban J connectivity index is 1.52. The Labute approximate surface area is 113 Å². The first-order valence-corrected chi connectivity index (χ1v) is 7.51. The first-order valence-electron chi connectivity index (χ1n) is 7.51. The number of carbonyl (C=O) groups excluding carboxylic acids is 2. The molecule has 2 aliphatic carbocycles. The average Bonchev–Trinajstić information content (AvgIpc) is 3.10. The number of rotatable bonds is 2. The van der Waals surface area contributed by atoms with Crippen LogP contribution >= 0.6 is 0 Å². The third-order valence-corrected chi connectivity index (χ3v) is 5.35. The van der Waals surface area contributed by atoms with Crippen molar-refractivity contribution in [2.75, 3.05) is 19.8 Å². The highest BCUT2D eigenvalue weighted by atomic mass is 16.2. The molecule has 2 bridgehead atoms. The molecule has 0 aromatic heterocycles. The van der Waals surface area contributed by atoms with Crippen molar-refractivity contribution < 1.29 is 9.59 Å². The van der Waals surface area contributed by atoms with Crippen LogP contribution in [0.15, 0.2) is 12.2 Å². The average molecular weight is 260 g/mol. The number of fused-ring (bicyclic) bond motifs is 5. The van der Waals surface area contributed by atoms with Crippen LogP contribution in [-0.4, -0.2) is 41.4 Å². The minimum absolute atomic E-state index is 0.0349. The van der Waals surface area contributed by atoms with Gasteiger partial charge in [0, 0.05) is 0 Å². The highest BCUT2D eigenvalue weighted by molar-refractivity contribution is 6.06. The molecule has 0 aromatic rings. The van der Waals surface area contributed by atoms with Gasteiger partial charge >= 0.3 is 0 Å². The molecule has 4 nitrogen and oxygen atoms in total. The second-order valence-electron chi connectivity index (χ2n) is 6.42. The van der Waals surface area contributed by atoms with E-state index in [4.69, 9.17) is 0 Å². The molecule has 4 atom stereocenters. The molecule has 0 aromatic carbocycles. The molecule has 0 radical (unpaired) electrons. The number of hydrogen-bond donors (Lipinski definition) is 0. The van der Waals surface area contributed by atoms with E-state index in [0.717, 1.165) is 19.5 Å². The molecule has 1 saturated carbocycles. The van der Waals surface area contributed by atoms with E-state index in [1.54, 1.807) is 4.90 Å². The summed E-state index contributed by atoms with van der Waals surface area (Å²) < 4.78 is 0. The Bertz CT molecular complexity index is 423. The molecule has 2 saturated heterocycles. The fourth-order valence-corrected chi connectivity index (χ4v) is 4.40. The number of amides is 2. The SMILES string of the molecule is O=C1[C@@H]2[C@@H](C(=O)N1CN1CCCCC1)[C@H]1C=C[C@@H]2C1. The van der Waals surface area contributed by atoms with Gasteiger partial charge in [-0.1, -0.05) is 18.6 Å². The molecule has 0 spiro atoms. The molecular weight excluding hydrogens is 240 g/mol. The van der Waals surface area contributed by atoms with E-state index in [1.807, 2.05) is 0 Å². The van der Waals surface area contributed by atoms with Gasteiger partial charge in [0.25, 0.3) is 0 Å². The molecule has 3 fully saturated rings. The lowest BCUT2D eigenvalue weighted by Gasteiger charge is -2.30. The summed E-state index contributed by atoms with van der Waals surface area (Å²) in [6.07, 6.45) is 8.98. The van der Waals surface area contributed by atoms with Gasteiger partial charge in [-0.3, -0.25) is 19.4 Å². The van der Waals surface area contributed by atoms with E-state index < -0.39 is 0 Å². The first kappa shape index (κ1) is 11.6. The van der Waals surface area contributed by atoms with Crippen molar-refractivity contribution in [3.63, 3.8) is 0 Å². The number of carbonyl (C=O) groups is 2. The van der Waals surface area contributed by atoms with Crippen LogP contribution < -0.4 is 0 Å². The minimum Gasteiger partial charge on any atom is -0.286 e. The third-order valence-electron chi connectivity index (χ3n) is 5.35. The van der Waals surface area contributed by atoms with Crippen LogP contribution in [0.2, 0.25) is 0 Å². The standard InChI is InChI=1S/C15H20N2O2/c18-14-12-10-4-5-11(8-10)13(12)15(19)17(14)9-16-6-2-1-3-7-16/h4-5,10-13H,1-3,6-9H2/t10-,11+,12-,13-/m0/s1. The highest BCUT2D eigenvalue weighted by Gasteiger charge is 2.59. The molecule has 4 rings (SSSR count). The maximum Gasteiger partial charge on any atom is 0.234 e. The lowest BCUT2D eigenvalue weighted by Crippen LogP contribution is -2.44. The summed E-state index contributed by atoms with van der Waals surface area (Å²) in [5.41, 5.74) is 0. The van der Waals surface area contributed by atoms with Gasteiger partial charge in [0.05, 0.1) is 18.5 Å². The van der Waals surface area contributed by atoms with Crippen LogP contribution in [-0.2, 0) is 9.59 Å². The number of piperidine rings is 1. The zero-order valence-corrected chi connectivity index (χ0v) is 11.1. The molecule has 102 valence electrons. The Morgan fingerprint density at radius 1 is 0.947 bits per heavy atom. The summed E-state index contributed by atoms with van der Waals surface area (Å²) in [5.74, 6) is 0.782. The van der Waals surface area contributed by atoms with Crippen molar-refractivity contribution in [1.82, 2.24) is 9.80 Å². The van der Waals surface area contributed by atoms with Crippen molar-refractivity contribution in [3.8, 4) is 0 Å². The summed E-state index contributed by atoms with van der Waals surface area (Å²) in [7, 11) is 0. The zero-order valence-electron chi connectivity index (χ0n) is 11.1. The van der Waals surface area contributed by atoms with Crippen LogP contribution in [0.5, 0.6) is 0 Å². The summed E-state index contributed by atoms with van der Waals surface area (Å²) in [6, 6.07) is 0. The number of imide groups is 1. The van der Waals surface area contributed by atoms with Gasteiger partial charge < -0.3 is 0 Å². The maximum absolute atomic E-state index is 12.5. The zero-order chi connectivity index (χ0) is 13.0. The molecule has 2 heterocycles. The van der Waals surface area contributed by atoms with Crippen LogP contribution in [0.3, 0.4) is 0 Å². The predicted molar refractivity (Wildman–Crippen MR) is 69.9 cm³/mol. The highest BCUT2D eigenvalue weighted by Crippen LogP contribution is 2.52. The lowest BCUT2D eigenvalue weighted by atomic mass is 9.85. The molecule has 2 aliphatic heterocycles. The van der Waals surface area contributed by atoms with Crippen molar-refractivity contribution in [2.24, 2.45) is 23.7 Å². The summed E-state index contributed by atoms with van der Waals surface area (Å²) in [4.78, 5) is 28.8. The van der Waals surface area contributed by atoms with Gasteiger partial charge in [0.1, 0.15) is 0 Å². The number of likely N-dealkylation sites (tertiary alicyclic amines) is 2. The Hall–Kier alpha value is -1.16. The van der Waals surface area contributed by atoms with E-state index in [0.29, 0.717) is 18.5 Å². The van der Waals surface area contributed by atoms with Gasteiger partial charge in [0.2, 0.25) is 11.8 Å². The number of allylic oxidation sites excluding steroid dienone is 2. The fourth-order valence-electron chi connectivity index (χ4n) is 4.40. The number of hydrogen-bond acceptors (Lipinski definition) is 3. The van der Waals surface area contributed by atoms with Crippen LogP contribution in [0.25, 0.3) is 0 Å². The predicted octanol–water partition coefficient (Wildman–Crippen LogP) is 1.24. The van der Waals surface area contributed by atoms with Gasteiger partial charge in [-0.15, -0.1) is 0 Å². The Kier molecular flexibility index (Phi) is 2.56. The largest absolute Gasteiger partial charge is 0.286 e. The van der Waals surface area contributed by atoms with Gasteiger partial charge in [0.15, 0.2) is 0 Å². The second kappa shape index (κ2) is 4.17. The van der Waals surface area contributed by atoms with E-state index in [-0.39, 0.29) is 23.7 Å². The fraction of sp³-hybridized carbons (Fsp3) is 0.733. The summed E-state index contributed by atoms with van der Waals surface area (Å²) in [5, 5.41) is 0. The van der Waals surface area contributed by atoms with Gasteiger partial charge in [-0.2, -0.15) is 0 Å². The normalized spacial score (nSPS) is 41.4. The van der Waals surface area contributed by atoms with Crippen molar-refractivity contribution in [2.45, 2.75) is 25.7 Å². The van der Waals surface area contributed by atoms with Gasteiger partial charge in [-0.05, 0) is 44.2 Å². The molecule has 4 heteroatoms. The Morgan fingerprint density at radius 3 is 2.11 bits per heavy atom. The monoisotopic (exact) mass is 260 g/mol. The summed E-state index contributed by atoms with van der Waals surface area (Å²) in [6.45, 7) is 2.58. The minimum atomic E-state index is -0.0349. The van der Waals surface area contributed by atoms with Crippen LogP contribution in [0.4, 0.5) is 0 Å². The third kappa shape index (κ3) is 1.62. The van der Waals surface area contributed by atoms with Crippen LogP contribution in [0.1, 0.15) is 25.7 Å². The molecule has 19 heavy (non-hydrogen) atoms. The van der Waals surface area contributed by atoms with E-state index in [1.165, 1.54) is 19.3 Å². The quantitative estimate of drug-likeness (QED) is 0.554. The molecular formula is C15H20N2O2. The van der Waals surface area contributed by atoms with Crippen molar-refractivity contribution in [1.29, 1.82) is 0 Å². The maximum atomic E-state index is 12.5. The molecule has 0 unspecified atom stereocenters. The first-order chi connectivity index (χ1) is 9.25. The smallest absolute Gasteiger partial charge is 0.234 e. The lowest BCUT2D eigenvalue weighted by molar-refractivity contribution is -0.143. The molecule has 4 aliphatic rings. The Morgan fingerprint density at radius 2 is 1.53 bits per heavy atom. The topological polar surface area (TPSA) is 40.6 Å². The van der Waals surface area contributed by atoms with Crippen molar-refractivity contribution in [3.05, 3.63) is 12.2 Å². The molecule has 0 N–H and O–H groups in total. The second-order valence-corrected chi connectivity index (χ2v) is 6.42.